The van der Waals surface area contributed by atoms with Crippen LogP contribution in [-0.2, 0) is 9.59 Å². The van der Waals surface area contributed by atoms with E-state index in [4.69, 9.17) is 0 Å². The van der Waals surface area contributed by atoms with E-state index in [2.05, 4.69) is 24.0 Å². The van der Waals surface area contributed by atoms with E-state index in [0.29, 0.717) is 12.8 Å². The van der Waals surface area contributed by atoms with Gasteiger partial charge in [0.25, 0.3) is 0 Å². The van der Waals surface area contributed by atoms with Crippen LogP contribution in [0.4, 0.5) is 5.69 Å². The predicted molar refractivity (Wildman–Crippen MR) is 94.5 cm³/mol. The summed E-state index contributed by atoms with van der Waals surface area (Å²) in [6, 6.07) is 10.2. The number of rotatable bonds is 2. The van der Waals surface area contributed by atoms with Crippen LogP contribution in [0.25, 0.3) is 0 Å². The largest absolute Gasteiger partial charge is 0.317 e. The van der Waals surface area contributed by atoms with Gasteiger partial charge in [0.05, 0.1) is 0 Å². The summed E-state index contributed by atoms with van der Waals surface area (Å²) in [5, 5.41) is 0. The minimum absolute atomic E-state index is 0.00978. The zero-order valence-corrected chi connectivity index (χ0v) is 14.2. The first-order valence-electron chi connectivity index (χ1n) is 9.10. The smallest absolute Gasteiger partial charge is 0.161 e. The molecule has 0 radical (unpaired) electrons. The first kappa shape index (κ1) is 15.4. The van der Waals surface area contributed by atoms with Crippen molar-refractivity contribution in [1.29, 1.82) is 0 Å². The minimum atomic E-state index is 0.00978. The summed E-state index contributed by atoms with van der Waals surface area (Å²) in [6.07, 6.45) is 5.75. The Hall–Kier alpha value is -2.16. The van der Waals surface area contributed by atoms with Gasteiger partial charge in [0.2, 0.25) is 0 Å². The Bertz CT molecular complexity index is 713. The molecule has 0 saturated heterocycles. The van der Waals surface area contributed by atoms with Gasteiger partial charge in [-0.15, -0.1) is 0 Å². The van der Waals surface area contributed by atoms with Gasteiger partial charge in [-0.25, -0.2) is 0 Å². The fraction of sp³-hybridized carbons (Fsp3) is 0.429. The molecule has 124 valence electrons. The molecule has 3 aliphatic rings. The molecule has 0 saturated carbocycles. The molecule has 0 spiro atoms. The van der Waals surface area contributed by atoms with Gasteiger partial charge in [-0.05, 0) is 44.2 Å². The van der Waals surface area contributed by atoms with Crippen molar-refractivity contribution in [2.24, 2.45) is 5.92 Å². The molecule has 0 bridgehead atoms. The monoisotopic (exact) mass is 321 g/mol. The molecule has 1 aromatic carbocycles. The highest BCUT2D eigenvalue weighted by Gasteiger charge is 2.42. The third-order valence-electron chi connectivity index (χ3n) is 5.52. The first-order chi connectivity index (χ1) is 11.7. The van der Waals surface area contributed by atoms with Crippen LogP contribution in [0.15, 0.2) is 52.9 Å². The average Bonchev–Trinajstić information content (AvgIpc) is 2.61. The Morgan fingerprint density at radius 1 is 0.875 bits per heavy atom. The lowest BCUT2D eigenvalue weighted by Crippen LogP contribution is -2.39. The summed E-state index contributed by atoms with van der Waals surface area (Å²) >= 11 is 0. The number of nitrogens with zero attached hydrogens (tertiary/aromatic N) is 1. The Kier molecular flexibility index (Phi) is 3.87. The van der Waals surface area contributed by atoms with Crippen LogP contribution >= 0.6 is 0 Å². The summed E-state index contributed by atoms with van der Waals surface area (Å²) in [7, 11) is 0. The Labute approximate surface area is 143 Å². The summed E-state index contributed by atoms with van der Waals surface area (Å²) in [4.78, 5) is 27.7. The summed E-state index contributed by atoms with van der Waals surface area (Å²) in [5.74, 6) is 0.499. The highest BCUT2D eigenvalue weighted by Crippen LogP contribution is 2.47. The van der Waals surface area contributed by atoms with E-state index in [1.54, 1.807) is 0 Å². The lowest BCUT2D eigenvalue weighted by Gasteiger charge is -2.43. The van der Waals surface area contributed by atoms with E-state index >= 15 is 0 Å². The summed E-state index contributed by atoms with van der Waals surface area (Å²) in [6.45, 7) is 2.10. The molecule has 0 aromatic heterocycles. The first-order valence-corrected chi connectivity index (χ1v) is 9.10. The number of carbonyl (C=O) groups is 2. The fourth-order valence-corrected chi connectivity index (χ4v) is 4.55. The molecule has 24 heavy (non-hydrogen) atoms. The Morgan fingerprint density at radius 3 is 1.92 bits per heavy atom. The Morgan fingerprint density at radius 2 is 1.42 bits per heavy atom. The minimum Gasteiger partial charge on any atom is -0.317 e. The molecule has 0 fully saturated rings. The number of hydrogen-bond acceptors (Lipinski definition) is 3. The van der Waals surface area contributed by atoms with Crippen molar-refractivity contribution in [1.82, 2.24) is 0 Å². The standard InChI is InChI=1S/C21H23NO2/c1-2-15-20-16(10-6-12-18(20)23)22(14-8-4-3-5-9-14)17-11-7-13-19(24)21(15)17/h3-5,8-9,15H,2,6-7,10-13H2,1H3. The van der Waals surface area contributed by atoms with Gasteiger partial charge in [-0.1, -0.05) is 25.1 Å². The maximum Gasteiger partial charge on any atom is 0.161 e. The average molecular weight is 321 g/mol. The molecule has 0 amide bonds. The van der Waals surface area contributed by atoms with E-state index in [1.807, 2.05) is 18.2 Å². The SMILES string of the molecule is CCC1C2=C(CCCC2=O)N(c2ccccc2)C2=C1C(=O)CCC2. The van der Waals surface area contributed by atoms with E-state index < -0.39 is 0 Å². The maximum absolute atomic E-state index is 12.7. The molecule has 1 aromatic rings. The van der Waals surface area contributed by atoms with Crippen LogP contribution in [-0.4, -0.2) is 11.6 Å². The van der Waals surface area contributed by atoms with Crippen molar-refractivity contribution in [3.63, 3.8) is 0 Å². The number of para-hydroxylation sites is 1. The topological polar surface area (TPSA) is 37.4 Å². The quantitative estimate of drug-likeness (QED) is 0.802. The third kappa shape index (κ3) is 2.26. The number of carbonyl (C=O) groups excluding carboxylic acids is 2. The molecule has 3 heteroatoms. The van der Waals surface area contributed by atoms with Crippen molar-refractivity contribution in [3.05, 3.63) is 52.9 Å². The van der Waals surface area contributed by atoms with Crippen molar-refractivity contribution >= 4 is 17.3 Å². The fourth-order valence-electron chi connectivity index (χ4n) is 4.55. The van der Waals surface area contributed by atoms with Gasteiger partial charge in [-0.2, -0.15) is 0 Å². The highest BCUT2D eigenvalue weighted by molar-refractivity contribution is 6.06. The zero-order valence-electron chi connectivity index (χ0n) is 14.2. The van der Waals surface area contributed by atoms with Crippen molar-refractivity contribution in [2.75, 3.05) is 4.90 Å². The van der Waals surface area contributed by atoms with Gasteiger partial charge in [-0.3, -0.25) is 9.59 Å². The number of benzene rings is 1. The van der Waals surface area contributed by atoms with Crippen LogP contribution in [0.3, 0.4) is 0 Å². The van der Waals surface area contributed by atoms with Gasteiger partial charge < -0.3 is 4.90 Å². The molecule has 0 N–H and O–H groups in total. The van der Waals surface area contributed by atoms with E-state index in [-0.39, 0.29) is 17.5 Å². The highest BCUT2D eigenvalue weighted by atomic mass is 16.1. The maximum atomic E-state index is 12.7. The van der Waals surface area contributed by atoms with Crippen LogP contribution < -0.4 is 4.90 Å². The predicted octanol–water partition coefficient (Wildman–Crippen LogP) is 4.55. The van der Waals surface area contributed by atoms with Gasteiger partial charge in [0, 0.05) is 47.0 Å². The van der Waals surface area contributed by atoms with E-state index in [1.165, 1.54) is 0 Å². The molecular weight excluding hydrogens is 298 g/mol. The zero-order chi connectivity index (χ0) is 16.7. The molecule has 2 aliphatic carbocycles. The molecule has 1 heterocycles. The van der Waals surface area contributed by atoms with Gasteiger partial charge in [0.15, 0.2) is 11.6 Å². The number of anilines is 1. The number of allylic oxidation sites excluding steroid dienone is 4. The van der Waals surface area contributed by atoms with Gasteiger partial charge in [0.1, 0.15) is 0 Å². The Balaban J connectivity index is 1.96. The van der Waals surface area contributed by atoms with E-state index in [9.17, 15) is 9.59 Å². The summed E-state index contributed by atoms with van der Waals surface area (Å²) < 4.78 is 0. The molecule has 0 atom stereocenters. The van der Waals surface area contributed by atoms with Crippen LogP contribution in [0, 0.1) is 5.92 Å². The lowest BCUT2D eigenvalue weighted by atomic mass is 9.72. The van der Waals surface area contributed by atoms with Crippen LogP contribution in [0.2, 0.25) is 0 Å². The van der Waals surface area contributed by atoms with Crippen molar-refractivity contribution < 1.29 is 9.59 Å². The lowest BCUT2D eigenvalue weighted by molar-refractivity contribution is -0.117. The summed E-state index contributed by atoms with van der Waals surface area (Å²) in [5.41, 5.74) is 5.22. The number of ketones is 2. The molecule has 1 aliphatic heterocycles. The second kappa shape index (κ2) is 6.04. The molecule has 0 unspecified atom stereocenters. The number of hydrogen-bond donors (Lipinski definition) is 0. The second-order valence-corrected chi connectivity index (χ2v) is 6.91. The molecule has 4 rings (SSSR count). The van der Waals surface area contributed by atoms with Crippen LogP contribution in [0.5, 0.6) is 0 Å². The van der Waals surface area contributed by atoms with Gasteiger partial charge >= 0.3 is 0 Å². The van der Waals surface area contributed by atoms with Crippen molar-refractivity contribution in [2.45, 2.75) is 51.9 Å². The normalized spacial score (nSPS) is 22.0. The molecule has 3 nitrogen and oxygen atoms in total. The van der Waals surface area contributed by atoms with Crippen LogP contribution in [0.1, 0.15) is 51.9 Å². The number of Topliss-reactive ketones (excluding diaryl/α,β-unsaturated/α-hetero) is 2. The molecular formula is C21H23NO2. The third-order valence-corrected chi connectivity index (χ3v) is 5.52. The van der Waals surface area contributed by atoms with E-state index in [0.717, 1.165) is 60.3 Å². The second-order valence-electron chi connectivity index (χ2n) is 6.91. The van der Waals surface area contributed by atoms with Crippen molar-refractivity contribution in [3.8, 4) is 0 Å².